The Hall–Kier alpha value is -3.01. The molecule has 0 saturated heterocycles. The fourth-order valence-electron chi connectivity index (χ4n) is 2.18. The molecule has 0 spiro atoms. The number of hydrogen-bond donors (Lipinski definition) is 2. The highest BCUT2D eigenvalue weighted by molar-refractivity contribution is 8.00. The molecule has 9 nitrogen and oxygen atoms in total. The second-order valence-electron chi connectivity index (χ2n) is 5.09. The molecule has 3 aromatic rings. The Labute approximate surface area is 146 Å². The van der Waals surface area contributed by atoms with Gasteiger partial charge in [0.1, 0.15) is 16.9 Å². The molecule has 2 heterocycles. The molecule has 10 heteroatoms. The Morgan fingerprint density at radius 3 is 2.76 bits per heavy atom. The van der Waals surface area contributed by atoms with Gasteiger partial charge in [0.25, 0.3) is 5.69 Å². The van der Waals surface area contributed by atoms with Crippen molar-refractivity contribution in [1.82, 2.24) is 19.9 Å². The number of aromatic nitrogens is 4. The summed E-state index contributed by atoms with van der Waals surface area (Å²) in [5.74, 6) is -0.201. The molecule has 0 bridgehead atoms. The highest BCUT2D eigenvalue weighted by Gasteiger charge is 2.21. The molecule has 25 heavy (non-hydrogen) atoms. The van der Waals surface area contributed by atoms with Gasteiger partial charge in [-0.2, -0.15) is 0 Å². The summed E-state index contributed by atoms with van der Waals surface area (Å²) in [6.07, 6.45) is 3.52. The molecule has 1 atom stereocenters. The zero-order valence-corrected chi connectivity index (χ0v) is 14.0. The van der Waals surface area contributed by atoms with Crippen LogP contribution in [0.1, 0.15) is 13.3 Å². The number of imidazole rings is 1. The van der Waals surface area contributed by atoms with Crippen LogP contribution < -0.4 is 5.32 Å². The zero-order valence-electron chi connectivity index (χ0n) is 13.2. The van der Waals surface area contributed by atoms with Gasteiger partial charge in [-0.05, 0) is 18.6 Å². The summed E-state index contributed by atoms with van der Waals surface area (Å²) >= 11 is 1.32. The highest BCUT2D eigenvalue weighted by atomic mass is 32.2. The van der Waals surface area contributed by atoms with E-state index >= 15 is 0 Å². The van der Waals surface area contributed by atoms with Gasteiger partial charge in [-0.15, -0.1) is 0 Å². The van der Waals surface area contributed by atoms with Gasteiger partial charge in [0.05, 0.1) is 16.5 Å². The number of rotatable bonds is 6. The topological polar surface area (TPSA) is 127 Å². The van der Waals surface area contributed by atoms with E-state index in [1.165, 1.54) is 48.7 Å². The fourth-order valence-corrected chi connectivity index (χ4v) is 3.16. The summed E-state index contributed by atoms with van der Waals surface area (Å²) in [6.45, 7) is 1.90. The van der Waals surface area contributed by atoms with E-state index in [1.807, 2.05) is 6.92 Å². The van der Waals surface area contributed by atoms with Crippen LogP contribution in [0, 0.1) is 10.1 Å². The van der Waals surface area contributed by atoms with Gasteiger partial charge in [0.2, 0.25) is 5.91 Å². The van der Waals surface area contributed by atoms with E-state index in [1.54, 1.807) is 0 Å². The van der Waals surface area contributed by atoms with Gasteiger partial charge >= 0.3 is 0 Å². The first-order valence-corrected chi connectivity index (χ1v) is 8.32. The molecule has 0 aliphatic heterocycles. The zero-order chi connectivity index (χ0) is 17.8. The molecule has 1 amide bonds. The van der Waals surface area contributed by atoms with Crippen molar-refractivity contribution in [2.24, 2.45) is 0 Å². The Kier molecular flexibility index (Phi) is 4.89. The first-order chi connectivity index (χ1) is 12.1. The number of nitro benzene ring substituents is 1. The summed E-state index contributed by atoms with van der Waals surface area (Å²) in [5.41, 5.74) is 1.71. The third-order valence-corrected chi connectivity index (χ3v) is 4.82. The van der Waals surface area contributed by atoms with E-state index < -0.39 is 4.92 Å². The van der Waals surface area contributed by atoms with Gasteiger partial charge in [-0.1, -0.05) is 18.7 Å². The number of nitro groups is 1. The highest BCUT2D eigenvalue weighted by Crippen LogP contribution is 2.28. The minimum atomic E-state index is -0.485. The monoisotopic (exact) mass is 358 g/mol. The standard InChI is InChI=1S/C15H14N6O3S/c1-2-11(25-15-12-13(17-7-16-12)18-8-19-15)14(22)20-9-3-5-10(6-4-9)21(23)24/h3-8,11H,2H2,1H3,(H,20,22)(H,16,17,18,19). The number of non-ortho nitro benzene ring substituents is 1. The van der Waals surface area contributed by atoms with Crippen molar-refractivity contribution in [3.63, 3.8) is 0 Å². The molecular formula is C15H14N6O3S. The molecule has 0 aliphatic rings. The average molecular weight is 358 g/mol. The van der Waals surface area contributed by atoms with Gasteiger partial charge in [-0.25, -0.2) is 15.0 Å². The van der Waals surface area contributed by atoms with Crippen LogP contribution in [0.25, 0.3) is 11.2 Å². The number of H-pyrrole nitrogens is 1. The summed E-state index contributed by atoms with van der Waals surface area (Å²) in [7, 11) is 0. The van der Waals surface area contributed by atoms with E-state index in [0.717, 1.165) is 0 Å². The fraction of sp³-hybridized carbons (Fsp3) is 0.200. The molecule has 0 saturated carbocycles. The summed E-state index contributed by atoms with van der Waals surface area (Å²) in [4.78, 5) is 38.0. The van der Waals surface area contributed by atoms with Crippen LogP contribution in [-0.2, 0) is 4.79 Å². The lowest BCUT2D eigenvalue weighted by Gasteiger charge is -2.14. The van der Waals surface area contributed by atoms with Crippen LogP contribution in [0.3, 0.4) is 0 Å². The van der Waals surface area contributed by atoms with Gasteiger partial charge in [0.15, 0.2) is 5.65 Å². The SMILES string of the molecule is CCC(Sc1ncnc2nc[nH]c12)C(=O)Nc1ccc([N+](=O)[O-])cc1. The largest absolute Gasteiger partial charge is 0.341 e. The number of thioether (sulfide) groups is 1. The number of anilines is 1. The lowest BCUT2D eigenvalue weighted by Crippen LogP contribution is -2.24. The normalized spacial score (nSPS) is 12.0. The second kappa shape index (κ2) is 7.26. The van der Waals surface area contributed by atoms with E-state index in [-0.39, 0.29) is 16.8 Å². The van der Waals surface area contributed by atoms with Crippen molar-refractivity contribution in [2.45, 2.75) is 23.6 Å². The predicted octanol–water partition coefficient (Wildman–Crippen LogP) is 2.77. The molecule has 0 radical (unpaired) electrons. The lowest BCUT2D eigenvalue weighted by atomic mass is 10.2. The van der Waals surface area contributed by atoms with Crippen LogP contribution in [-0.4, -0.2) is 36.0 Å². The van der Waals surface area contributed by atoms with Crippen molar-refractivity contribution in [3.05, 3.63) is 47.0 Å². The molecule has 1 unspecified atom stereocenters. The van der Waals surface area contributed by atoms with Crippen molar-refractivity contribution in [2.75, 3.05) is 5.32 Å². The van der Waals surface area contributed by atoms with Gasteiger partial charge < -0.3 is 10.3 Å². The minimum Gasteiger partial charge on any atom is -0.341 e. The lowest BCUT2D eigenvalue weighted by molar-refractivity contribution is -0.384. The van der Waals surface area contributed by atoms with E-state index in [4.69, 9.17) is 0 Å². The van der Waals surface area contributed by atoms with Crippen LogP contribution >= 0.6 is 11.8 Å². The van der Waals surface area contributed by atoms with E-state index in [0.29, 0.717) is 28.3 Å². The Morgan fingerprint density at radius 2 is 2.08 bits per heavy atom. The van der Waals surface area contributed by atoms with Gasteiger partial charge in [0, 0.05) is 17.8 Å². The van der Waals surface area contributed by atoms with Crippen LogP contribution in [0.5, 0.6) is 0 Å². The summed E-state index contributed by atoms with van der Waals surface area (Å²) in [5, 5.41) is 13.7. The Bertz CT molecular complexity index is 911. The number of nitrogens with one attached hydrogen (secondary N) is 2. The quantitative estimate of drug-likeness (QED) is 0.300. The Morgan fingerprint density at radius 1 is 1.32 bits per heavy atom. The number of nitrogens with zero attached hydrogens (tertiary/aromatic N) is 4. The van der Waals surface area contributed by atoms with Gasteiger partial charge in [-0.3, -0.25) is 14.9 Å². The molecule has 0 fully saturated rings. The van der Waals surface area contributed by atoms with E-state index in [9.17, 15) is 14.9 Å². The number of carbonyl (C=O) groups excluding carboxylic acids is 1. The minimum absolute atomic E-state index is 0.0259. The van der Waals surface area contributed by atoms with Crippen LogP contribution in [0.4, 0.5) is 11.4 Å². The molecular weight excluding hydrogens is 344 g/mol. The van der Waals surface area contributed by atoms with Crippen molar-refractivity contribution in [1.29, 1.82) is 0 Å². The molecule has 2 aromatic heterocycles. The second-order valence-corrected chi connectivity index (χ2v) is 6.28. The first kappa shape index (κ1) is 16.8. The smallest absolute Gasteiger partial charge is 0.269 e. The summed E-state index contributed by atoms with van der Waals surface area (Å²) in [6, 6.07) is 5.71. The van der Waals surface area contributed by atoms with Crippen molar-refractivity contribution < 1.29 is 9.72 Å². The molecule has 0 aliphatic carbocycles. The van der Waals surface area contributed by atoms with E-state index in [2.05, 4.69) is 25.3 Å². The van der Waals surface area contributed by atoms with Crippen LogP contribution in [0.15, 0.2) is 41.9 Å². The number of aromatic amines is 1. The number of fused-ring (bicyclic) bond motifs is 1. The van der Waals surface area contributed by atoms with Crippen molar-refractivity contribution >= 4 is 40.2 Å². The maximum atomic E-state index is 12.5. The number of amides is 1. The molecule has 2 N–H and O–H groups in total. The van der Waals surface area contributed by atoms with Crippen molar-refractivity contribution in [3.8, 4) is 0 Å². The number of benzene rings is 1. The third kappa shape index (κ3) is 3.74. The number of carbonyl (C=O) groups is 1. The Balaban J connectivity index is 1.73. The maximum absolute atomic E-state index is 12.5. The summed E-state index contributed by atoms with van der Waals surface area (Å²) < 4.78 is 0. The molecule has 3 rings (SSSR count). The third-order valence-electron chi connectivity index (χ3n) is 3.45. The molecule has 128 valence electrons. The number of hydrogen-bond acceptors (Lipinski definition) is 7. The average Bonchev–Trinajstić information content (AvgIpc) is 3.09. The molecule has 1 aromatic carbocycles. The first-order valence-electron chi connectivity index (χ1n) is 7.44. The predicted molar refractivity (Wildman–Crippen MR) is 93.3 cm³/mol. The van der Waals surface area contributed by atoms with Crippen LogP contribution in [0.2, 0.25) is 0 Å². The maximum Gasteiger partial charge on any atom is 0.269 e.